The van der Waals surface area contributed by atoms with Crippen LogP contribution in [0.5, 0.6) is 0 Å². The summed E-state index contributed by atoms with van der Waals surface area (Å²) in [5.74, 6) is 0. The molecule has 16 rings (SSSR count). The summed E-state index contributed by atoms with van der Waals surface area (Å²) in [6, 6.07) is 115. The highest BCUT2D eigenvalue weighted by molar-refractivity contribution is 7.85. The number of hydrogen-bond donors (Lipinski definition) is 0. The van der Waals surface area contributed by atoms with Crippen LogP contribution in [0.1, 0.15) is 0 Å². The van der Waals surface area contributed by atoms with Gasteiger partial charge in [0.25, 0.3) is 0 Å². The molecule has 3 heterocycles. The largest absolute Gasteiger partial charge is 0.309 e. The second-order valence-corrected chi connectivity index (χ2v) is 29.7. The fraction of sp³-hybridized carbons (Fsp3) is 0. The second-order valence-electron chi connectivity index (χ2n) is 21.9. The fourth-order valence-corrected chi connectivity index (χ4v) is 20.9. The van der Waals surface area contributed by atoms with Gasteiger partial charge in [0.1, 0.15) is 0 Å². The topological polar surface area (TPSA) is 48.9 Å². The Morgan fingerprint density at radius 2 is 0.477 bits per heavy atom. The van der Waals surface area contributed by atoms with Crippen molar-refractivity contribution in [3.05, 3.63) is 328 Å². The molecular weight excluding hydrogens is 1100 g/mol. The van der Waals surface area contributed by atoms with Gasteiger partial charge in [0.05, 0.1) is 50.2 Å². The highest BCUT2D eigenvalue weighted by atomic mass is 31.2. The first kappa shape index (κ1) is 51.8. The zero-order valence-electron chi connectivity index (χ0n) is 46.7. The average Bonchev–Trinajstić information content (AvgIpc) is 1.78. The van der Waals surface area contributed by atoms with E-state index in [9.17, 15) is 0 Å². The Morgan fingerprint density at radius 3 is 0.814 bits per heavy atom. The molecule has 0 bridgehead atoms. The van der Waals surface area contributed by atoms with E-state index in [-0.39, 0.29) is 0 Å². The SMILES string of the molecule is O=P(c1ccccc1)(c1ccccc1)c1ccc2c(c1)c1ccccc1n2-c1cc(-n2c3ccccc3c3cc(P(c4ccccc4)c4ccccc4)ccc32)cc(-n2c3ccccc3c3cc(P(=O)(c4ccccc4)c4ccccc4)ccc32)c1. The fourth-order valence-electron chi connectivity index (χ4n) is 13.3. The highest BCUT2D eigenvalue weighted by Crippen LogP contribution is 2.47. The van der Waals surface area contributed by atoms with E-state index in [4.69, 9.17) is 0 Å². The van der Waals surface area contributed by atoms with Crippen molar-refractivity contribution in [1.29, 1.82) is 0 Å². The van der Waals surface area contributed by atoms with Gasteiger partial charge in [0, 0.05) is 64.1 Å². The van der Waals surface area contributed by atoms with E-state index >= 15 is 9.13 Å². The number of benzene rings is 13. The summed E-state index contributed by atoms with van der Waals surface area (Å²) in [7, 11) is -7.52. The lowest BCUT2D eigenvalue weighted by atomic mass is 10.1. The third-order valence-corrected chi connectivity index (χ3v) is 25.7. The lowest BCUT2D eigenvalue weighted by Crippen LogP contribution is -2.24. The molecule has 0 unspecified atom stereocenters. The van der Waals surface area contributed by atoms with Crippen LogP contribution in [0.4, 0.5) is 0 Å². The quantitative estimate of drug-likeness (QED) is 0.114. The minimum Gasteiger partial charge on any atom is -0.309 e. The number of fused-ring (bicyclic) bond motifs is 9. The van der Waals surface area contributed by atoms with Crippen LogP contribution in [0.25, 0.3) is 82.5 Å². The van der Waals surface area contributed by atoms with Gasteiger partial charge in [-0.2, -0.15) is 0 Å². The van der Waals surface area contributed by atoms with Gasteiger partial charge in [-0.15, -0.1) is 0 Å². The molecule has 0 saturated carbocycles. The minimum atomic E-state index is -3.32. The van der Waals surface area contributed by atoms with Crippen molar-refractivity contribution < 1.29 is 9.13 Å². The van der Waals surface area contributed by atoms with E-state index in [0.717, 1.165) is 104 Å². The first-order chi connectivity index (χ1) is 42.4. The third kappa shape index (κ3) is 8.34. The molecule has 16 aromatic rings. The number of nitrogens with zero attached hydrogens (tertiary/aromatic N) is 3. The van der Waals surface area contributed by atoms with Crippen molar-refractivity contribution in [2.45, 2.75) is 0 Å². The summed E-state index contributed by atoms with van der Waals surface area (Å²) in [5.41, 5.74) is 9.17. The predicted octanol–water partition coefficient (Wildman–Crippen LogP) is 16.0. The Hall–Kier alpha value is -9.85. The molecule has 0 fully saturated rings. The van der Waals surface area contributed by atoms with Crippen molar-refractivity contribution in [3.8, 4) is 17.1 Å². The van der Waals surface area contributed by atoms with Crippen molar-refractivity contribution in [2.24, 2.45) is 0 Å². The van der Waals surface area contributed by atoms with E-state index in [2.05, 4.69) is 220 Å². The number of rotatable bonds is 12. The number of hydrogen-bond acceptors (Lipinski definition) is 2. The predicted molar refractivity (Wildman–Crippen MR) is 367 cm³/mol. The maximum Gasteiger partial charge on any atom is 0.171 e. The van der Waals surface area contributed by atoms with Crippen molar-refractivity contribution >= 4 is 135 Å². The summed E-state index contributed by atoms with van der Waals surface area (Å²) < 4.78 is 39.3. The standard InChI is InChI=1S/C78H54N3O2P3/c82-85(61-29-11-3-12-30-61,62-31-13-4-14-32-62)65-44-47-77-71(53-65)68-38-20-23-41-74(68)80(77)56-49-55(79-73-40-22-19-37-67(73)70-52-60(43-46-76(70)79)84(58-25-7-1-8-26-58)59-27-9-2-10-28-59)50-57(51-56)81-75-42-24-21-39-69(75)72-54-66(45-48-78(72)81)86(83,63-33-15-5-16-34-63)64-35-17-6-18-36-64/h1-54H. The summed E-state index contributed by atoms with van der Waals surface area (Å²) in [6.07, 6.45) is 0. The molecular formula is C78H54N3O2P3. The van der Waals surface area contributed by atoms with Gasteiger partial charge in [-0.05, 0) is 109 Å². The van der Waals surface area contributed by atoms with Crippen LogP contribution in [0.15, 0.2) is 328 Å². The van der Waals surface area contributed by atoms with Gasteiger partial charge in [-0.3, -0.25) is 0 Å². The molecule has 0 aliphatic carbocycles. The smallest absolute Gasteiger partial charge is 0.171 e. The molecule has 13 aromatic carbocycles. The van der Waals surface area contributed by atoms with Crippen LogP contribution >= 0.6 is 22.2 Å². The third-order valence-electron chi connectivity index (χ3n) is 17.1. The van der Waals surface area contributed by atoms with Crippen LogP contribution < -0.4 is 47.7 Å². The Balaban J connectivity index is 0.965. The molecule has 86 heavy (non-hydrogen) atoms. The molecule has 0 atom stereocenters. The lowest BCUT2D eigenvalue weighted by Gasteiger charge is -2.21. The van der Waals surface area contributed by atoms with Crippen molar-refractivity contribution in [3.63, 3.8) is 0 Å². The lowest BCUT2D eigenvalue weighted by molar-refractivity contribution is 0.591. The molecule has 0 N–H and O–H groups in total. The molecule has 0 radical (unpaired) electrons. The first-order valence-electron chi connectivity index (χ1n) is 29.0. The monoisotopic (exact) mass is 1160 g/mol. The van der Waals surface area contributed by atoms with Crippen LogP contribution in [0.3, 0.4) is 0 Å². The Bertz CT molecular complexity index is 4990. The molecule has 5 nitrogen and oxygen atoms in total. The van der Waals surface area contributed by atoms with Gasteiger partial charge < -0.3 is 22.8 Å². The van der Waals surface area contributed by atoms with Gasteiger partial charge in [-0.25, -0.2) is 0 Å². The molecule has 0 saturated heterocycles. The Morgan fingerprint density at radius 1 is 0.209 bits per heavy atom. The highest BCUT2D eigenvalue weighted by Gasteiger charge is 2.33. The summed E-state index contributed by atoms with van der Waals surface area (Å²) in [4.78, 5) is 0. The van der Waals surface area contributed by atoms with E-state index in [1.807, 2.05) is 121 Å². The van der Waals surface area contributed by atoms with E-state index in [0.29, 0.717) is 0 Å². The van der Waals surface area contributed by atoms with Crippen LogP contribution in [-0.4, -0.2) is 13.7 Å². The van der Waals surface area contributed by atoms with Gasteiger partial charge in [-0.1, -0.05) is 243 Å². The van der Waals surface area contributed by atoms with E-state index in [1.165, 1.54) is 26.7 Å². The Labute approximate surface area is 499 Å². The number of para-hydroxylation sites is 3. The summed E-state index contributed by atoms with van der Waals surface area (Å²) in [5, 5.41) is 15.1. The maximum absolute atomic E-state index is 16.1. The van der Waals surface area contributed by atoms with Gasteiger partial charge in [0.2, 0.25) is 0 Å². The zero-order valence-corrected chi connectivity index (χ0v) is 49.4. The average molecular weight is 1160 g/mol. The van der Waals surface area contributed by atoms with Gasteiger partial charge in [0.15, 0.2) is 14.3 Å². The van der Waals surface area contributed by atoms with Crippen molar-refractivity contribution in [2.75, 3.05) is 0 Å². The molecule has 0 aliphatic rings. The summed E-state index contributed by atoms with van der Waals surface area (Å²) >= 11 is 0. The zero-order chi connectivity index (χ0) is 57.3. The molecule has 0 aliphatic heterocycles. The first-order valence-corrected chi connectivity index (χ1v) is 33.8. The van der Waals surface area contributed by atoms with Crippen LogP contribution in [0, 0.1) is 0 Å². The minimum absolute atomic E-state index is 0.779. The maximum atomic E-state index is 16.1. The Kier molecular flexibility index (Phi) is 12.7. The summed E-state index contributed by atoms with van der Waals surface area (Å²) in [6.45, 7) is 0. The van der Waals surface area contributed by atoms with Crippen LogP contribution in [-0.2, 0) is 9.13 Å². The normalized spacial score (nSPS) is 12.2. The van der Waals surface area contributed by atoms with E-state index in [1.54, 1.807) is 0 Å². The second kappa shape index (κ2) is 21.0. The molecule has 0 spiro atoms. The molecule has 8 heteroatoms. The van der Waals surface area contributed by atoms with E-state index < -0.39 is 22.2 Å². The van der Waals surface area contributed by atoms with Crippen molar-refractivity contribution in [1.82, 2.24) is 13.7 Å². The molecule has 3 aromatic heterocycles. The van der Waals surface area contributed by atoms with Crippen LogP contribution in [0.2, 0.25) is 0 Å². The molecule has 408 valence electrons. The number of aromatic nitrogens is 3. The molecule has 0 amide bonds. The van der Waals surface area contributed by atoms with Gasteiger partial charge >= 0.3 is 0 Å².